The van der Waals surface area contributed by atoms with Gasteiger partial charge in [-0.1, -0.05) is 61.0 Å². The Balaban J connectivity index is 0.000000311. The highest BCUT2D eigenvalue weighted by Gasteiger charge is 2.38. The summed E-state index contributed by atoms with van der Waals surface area (Å²) in [6.45, 7) is 4.21. The summed E-state index contributed by atoms with van der Waals surface area (Å²) in [5, 5.41) is 0. The lowest BCUT2D eigenvalue weighted by molar-refractivity contribution is 0.122. The van der Waals surface area contributed by atoms with Gasteiger partial charge in [-0.25, -0.2) is 0 Å². The predicted octanol–water partition coefficient (Wildman–Crippen LogP) is 4.16. The van der Waals surface area contributed by atoms with Crippen LogP contribution < -0.4 is 0 Å². The van der Waals surface area contributed by atoms with Crippen LogP contribution in [0.3, 0.4) is 0 Å². The molecule has 0 saturated heterocycles. The summed E-state index contributed by atoms with van der Waals surface area (Å²) in [6, 6.07) is 18.2. The summed E-state index contributed by atoms with van der Waals surface area (Å²) in [6.07, 6.45) is 1.06. The Morgan fingerprint density at radius 3 is 1.10 bits per heavy atom. The predicted molar refractivity (Wildman–Crippen MR) is 128 cm³/mol. The van der Waals surface area contributed by atoms with E-state index in [9.17, 15) is 0 Å². The van der Waals surface area contributed by atoms with Crippen molar-refractivity contribution in [1.29, 1.82) is 0 Å². The van der Waals surface area contributed by atoms with E-state index >= 15 is 0 Å². The summed E-state index contributed by atoms with van der Waals surface area (Å²) >= 11 is 0. The molecule has 2 rings (SSSR count). The van der Waals surface area contributed by atoms with Gasteiger partial charge < -0.3 is 26.6 Å². The van der Waals surface area contributed by atoms with Crippen molar-refractivity contribution >= 4 is 17.6 Å². The average Bonchev–Trinajstić information content (AvgIpc) is 2.83. The molecule has 0 N–H and O–H groups in total. The first kappa shape index (κ1) is 27.7. The molecule has 0 atom stereocenters. The Morgan fingerprint density at radius 2 is 0.806 bits per heavy atom. The monoisotopic (exact) mass is 466 g/mol. The van der Waals surface area contributed by atoms with E-state index in [1.807, 2.05) is 0 Å². The van der Waals surface area contributed by atoms with Gasteiger partial charge in [0.25, 0.3) is 0 Å². The first-order valence-electron chi connectivity index (χ1n) is 10.3. The van der Waals surface area contributed by atoms with Gasteiger partial charge in [0, 0.05) is 54.7 Å². The molecule has 0 aliphatic rings. The summed E-state index contributed by atoms with van der Waals surface area (Å²) in [7, 11) is 4.85. The fourth-order valence-electron chi connectivity index (χ4n) is 3.03. The molecule has 0 spiro atoms. The Morgan fingerprint density at radius 1 is 0.516 bits per heavy atom. The standard InChI is InChI=1S/C12H20O3Si.C11H18O3Si/c1-5-11-6-8-12(9-7-11)10-16(13-2,14-3)15-4;1-10-5-7-11(8-6-10)9-15(12-2,13-3)14-4/h6-9H,5,10H2,1-4H3;5-8H,9H2,1-4H3. The number of hydrogen-bond acceptors (Lipinski definition) is 6. The van der Waals surface area contributed by atoms with Gasteiger partial charge in [0.15, 0.2) is 0 Å². The van der Waals surface area contributed by atoms with Gasteiger partial charge in [-0.05, 0) is 30.0 Å². The highest BCUT2D eigenvalue weighted by Crippen LogP contribution is 2.16. The number of aryl methyl sites for hydroxylation is 2. The van der Waals surface area contributed by atoms with E-state index in [0.29, 0.717) is 12.1 Å². The second-order valence-corrected chi connectivity index (χ2v) is 13.0. The van der Waals surface area contributed by atoms with Crippen LogP contribution in [0.5, 0.6) is 0 Å². The van der Waals surface area contributed by atoms with E-state index in [1.54, 1.807) is 42.7 Å². The third-order valence-corrected chi connectivity index (χ3v) is 10.7. The van der Waals surface area contributed by atoms with Crippen LogP contribution in [0.15, 0.2) is 48.5 Å². The van der Waals surface area contributed by atoms with Crippen LogP contribution in [0.4, 0.5) is 0 Å². The lowest BCUT2D eigenvalue weighted by Crippen LogP contribution is -2.45. The molecule has 174 valence electrons. The van der Waals surface area contributed by atoms with E-state index < -0.39 is 17.6 Å². The maximum absolute atomic E-state index is 5.39. The van der Waals surface area contributed by atoms with E-state index in [1.165, 1.54) is 22.3 Å². The van der Waals surface area contributed by atoms with E-state index in [2.05, 4.69) is 62.4 Å². The van der Waals surface area contributed by atoms with Crippen LogP contribution >= 0.6 is 0 Å². The van der Waals surface area contributed by atoms with Crippen molar-refractivity contribution in [3.63, 3.8) is 0 Å². The van der Waals surface area contributed by atoms with Gasteiger partial charge in [0.05, 0.1) is 0 Å². The van der Waals surface area contributed by atoms with E-state index in [4.69, 9.17) is 26.6 Å². The van der Waals surface area contributed by atoms with Gasteiger partial charge in [-0.15, -0.1) is 0 Å². The number of rotatable bonds is 11. The smallest absolute Gasteiger partial charge is 0.377 e. The third-order valence-electron chi connectivity index (χ3n) is 5.26. The van der Waals surface area contributed by atoms with Crippen molar-refractivity contribution in [3.05, 3.63) is 70.8 Å². The normalized spacial score (nSPS) is 11.7. The minimum atomic E-state index is -2.49. The molecule has 0 saturated carbocycles. The zero-order valence-electron chi connectivity index (χ0n) is 20.2. The summed E-state index contributed by atoms with van der Waals surface area (Å²) < 4.78 is 32.3. The number of benzene rings is 2. The minimum absolute atomic E-state index is 0.705. The largest absolute Gasteiger partial charge is 0.504 e. The molecule has 8 heteroatoms. The van der Waals surface area contributed by atoms with Crippen LogP contribution in [0.25, 0.3) is 0 Å². The van der Waals surface area contributed by atoms with Crippen LogP contribution in [0.2, 0.25) is 0 Å². The van der Waals surface area contributed by atoms with Gasteiger partial charge in [0.1, 0.15) is 0 Å². The van der Waals surface area contributed by atoms with Crippen molar-refractivity contribution in [2.75, 3.05) is 42.7 Å². The lowest BCUT2D eigenvalue weighted by atomic mass is 10.1. The number of hydrogen-bond donors (Lipinski definition) is 0. The zero-order valence-corrected chi connectivity index (χ0v) is 22.2. The Kier molecular flexibility index (Phi) is 12.4. The van der Waals surface area contributed by atoms with Crippen molar-refractivity contribution in [2.24, 2.45) is 0 Å². The average molecular weight is 467 g/mol. The highest BCUT2D eigenvalue weighted by molar-refractivity contribution is 6.60. The molecule has 0 amide bonds. The second kappa shape index (κ2) is 13.9. The maximum Gasteiger partial charge on any atom is 0.504 e. The van der Waals surface area contributed by atoms with Gasteiger partial charge in [-0.3, -0.25) is 0 Å². The SMILES string of the molecule is CCc1ccc(C[Si](OC)(OC)OC)cc1.CO[Si](Cc1ccc(C)cc1)(OC)OC. The van der Waals surface area contributed by atoms with Crippen LogP contribution in [0.1, 0.15) is 29.2 Å². The highest BCUT2D eigenvalue weighted by atomic mass is 28.4. The first-order valence-corrected chi connectivity index (χ1v) is 14.2. The topological polar surface area (TPSA) is 55.4 Å². The molecule has 0 fully saturated rings. The molecule has 0 radical (unpaired) electrons. The van der Waals surface area contributed by atoms with Crippen molar-refractivity contribution in [3.8, 4) is 0 Å². The van der Waals surface area contributed by atoms with Gasteiger partial charge >= 0.3 is 17.6 Å². The third kappa shape index (κ3) is 8.59. The molecule has 0 aliphatic carbocycles. The van der Waals surface area contributed by atoms with Crippen LogP contribution in [-0.2, 0) is 45.1 Å². The molecule has 2 aromatic rings. The summed E-state index contributed by atoms with van der Waals surface area (Å²) in [5.41, 5.74) is 4.95. The van der Waals surface area contributed by atoms with Gasteiger partial charge in [0.2, 0.25) is 0 Å². The quantitative estimate of drug-likeness (QED) is 0.464. The molecule has 6 nitrogen and oxygen atoms in total. The Labute approximate surface area is 190 Å². The van der Waals surface area contributed by atoms with Crippen molar-refractivity contribution < 1.29 is 26.6 Å². The summed E-state index contributed by atoms with van der Waals surface area (Å²) in [5.74, 6) is 0. The molecule has 0 heterocycles. The molecule has 31 heavy (non-hydrogen) atoms. The Bertz CT molecular complexity index is 712. The lowest BCUT2D eigenvalue weighted by Gasteiger charge is -2.24. The fraction of sp³-hybridized carbons (Fsp3) is 0.478. The molecular formula is C23H38O6Si2. The van der Waals surface area contributed by atoms with Crippen LogP contribution in [-0.4, -0.2) is 60.3 Å². The maximum atomic E-state index is 5.39. The fourth-order valence-corrected chi connectivity index (χ4v) is 6.37. The van der Waals surface area contributed by atoms with Gasteiger partial charge in [-0.2, -0.15) is 0 Å². The van der Waals surface area contributed by atoms with E-state index in [0.717, 1.165) is 6.42 Å². The zero-order chi connectivity index (χ0) is 23.3. The van der Waals surface area contributed by atoms with Crippen molar-refractivity contribution in [1.82, 2.24) is 0 Å². The molecule has 0 aliphatic heterocycles. The molecule has 2 aromatic carbocycles. The molecule has 0 bridgehead atoms. The van der Waals surface area contributed by atoms with Crippen LogP contribution in [0, 0.1) is 6.92 Å². The minimum Gasteiger partial charge on any atom is -0.377 e. The second-order valence-electron chi connectivity index (χ2n) is 7.10. The van der Waals surface area contributed by atoms with Crippen molar-refractivity contribution in [2.45, 2.75) is 32.4 Å². The first-order chi connectivity index (χ1) is 14.8. The Hall–Kier alpha value is -1.37. The molecular weight excluding hydrogens is 428 g/mol. The molecule has 0 aromatic heterocycles. The summed E-state index contributed by atoms with van der Waals surface area (Å²) in [4.78, 5) is 0. The molecule has 0 unspecified atom stereocenters. The van der Waals surface area contributed by atoms with E-state index in [-0.39, 0.29) is 0 Å².